The van der Waals surface area contributed by atoms with Crippen molar-refractivity contribution in [3.8, 4) is 0 Å². The van der Waals surface area contributed by atoms with E-state index in [1.807, 2.05) is 11.9 Å². The van der Waals surface area contributed by atoms with E-state index in [0.29, 0.717) is 30.0 Å². The zero-order chi connectivity index (χ0) is 14.0. The van der Waals surface area contributed by atoms with E-state index >= 15 is 0 Å². The summed E-state index contributed by atoms with van der Waals surface area (Å²) in [7, 11) is 1.85. The normalized spacial score (nSPS) is 23.5. The van der Waals surface area contributed by atoms with E-state index in [9.17, 15) is 9.59 Å². The molecule has 1 fully saturated rings. The lowest BCUT2D eigenvalue weighted by molar-refractivity contribution is -0.126. The minimum absolute atomic E-state index is 0.0373. The van der Waals surface area contributed by atoms with Crippen molar-refractivity contribution in [2.45, 2.75) is 58.4 Å². The van der Waals surface area contributed by atoms with Crippen LogP contribution >= 0.6 is 0 Å². The lowest BCUT2D eigenvalue weighted by Gasteiger charge is -2.38. The summed E-state index contributed by atoms with van der Waals surface area (Å²) in [6.45, 7) is 4.57. The van der Waals surface area contributed by atoms with Gasteiger partial charge < -0.3 is 4.90 Å². The lowest BCUT2D eigenvalue weighted by atomic mass is 9.75. The van der Waals surface area contributed by atoms with Crippen LogP contribution in [0.2, 0.25) is 0 Å². The molecule has 0 saturated heterocycles. The van der Waals surface area contributed by atoms with Gasteiger partial charge in [0.05, 0.1) is 0 Å². The van der Waals surface area contributed by atoms with Crippen molar-refractivity contribution in [3.05, 3.63) is 0 Å². The monoisotopic (exact) mass is 265 g/mol. The molecule has 19 heavy (non-hydrogen) atoms. The molecule has 1 heterocycles. The van der Waals surface area contributed by atoms with Gasteiger partial charge in [0.1, 0.15) is 5.71 Å². The maximum absolute atomic E-state index is 12.3. The van der Waals surface area contributed by atoms with Crippen LogP contribution in [0.15, 0.2) is 5.10 Å². The Morgan fingerprint density at radius 1 is 1.32 bits per heavy atom. The van der Waals surface area contributed by atoms with Gasteiger partial charge in [-0.15, -0.1) is 0 Å². The quantitative estimate of drug-likeness (QED) is 0.825. The number of carbonyl (C=O) groups excluding carboxylic acids is 2. The van der Waals surface area contributed by atoms with Crippen LogP contribution in [0, 0.1) is 5.41 Å². The number of nitrogens with zero attached hydrogens (tertiary/aromatic N) is 2. The van der Waals surface area contributed by atoms with E-state index < -0.39 is 0 Å². The summed E-state index contributed by atoms with van der Waals surface area (Å²) in [6.07, 6.45) is 5.21. The van der Waals surface area contributed by atoms with Gasteiger partial charge in [-0.25, -0.2) is 5.43 Å². The molecule has 0 atom stereocenters. The minimum Gasteiger partial charge on any atom is -0.338 e. The summed E-state index contributed by atoms with van der Waals surface area (Å²) in [5, 5.41) is 3.88. The molecule has 5 heteroatoms. The van der Waals surface area contributed by atoms with E-state index in [2.05, 4.69) is 24.4 Å². The molecule has 0 aromatic carbocycles. The van der Waals surface area contributed by atoms with Crippen molar-refractivity contribution in [1.82, 2.24) is 10.3 Å². The molecule has 106 valence electrons. The van der Waals surface area contributed by atoms with E-state index in [-0.39, 0.29) is 11.8 Å². The summed E-state index contributed by atoms with van der Waals surface area (Å²) in [5.41, 5.74) is 3.26. The Hall–Kier alpha value is -1.39. The van der Waals surface area contributed by atoms with Crippen molar-refractivity contribution in [2.24, 2.45) is 10.5 Å². The average Bonchev–Trinajstić information content (AvgIpc) is 2.38. The fraction of sp³-hybridized carbons (Fsp3) is 0.786. The van der Waals surface area contributed by atoms with Crippen molar-refractivity contribution in [1.29, 1.82) is 0 Å². The van der Waals surface area contributed by atoms with Gasteiger partial charge in [-0.1, -0.05) is 13.8 Å². The number of amides is 2. The molecule has 1 saturated carbocycles. The maximum atomic E-state index is 12.3. The molecule has 0 spiro atoms. The molecular weight excluding hydrogens is 242 g/mol. The van der Waals surface area contributed by atoms with Crippen LogP contribution in [0.5, 0.6) is 0 Å². The van der Waals surface area contributed by atoms with Crippen LogP contribution in [0.25, 0.3) is 0 Å². The van der Waals surface area contributed by atoms with Crippen LogP contribution in [0.3, 0.4) is 0 Å². The molecule has 1 aliphatic carbocycles. The second-order valence-electron chi connectivity index (χ2n) is 6.40. The summed E-state index contributed by atoms with van der Waals surface area (Å²) < 4.78 is 0. The van der Waals surface area contributed by atoms with Gasteiger partial charge in [-0.05, 0) is 31.1 Å². The zero-order valence-electron chi connectivity index (χ0n) is 12.0. The Labute approximate surface area is 114 Å². The Morgan fingerprint density at radius 3 is 2.47 bits per heavy atom. The van der Waals surface area contributed by atoms with Crippen molar-refractivity contribution >= 4 is 17.5 Å². The fourth-order valence-corrected chi connectivity index (χ4v) is 2.77. The highest BCUT2D eigenvalue weighted by atomic mass is 16.2. The van der Waals surface area contributed by atoms with Gasteiger partial charge in [0, 0.05) is 25.9 Å². The largest absolute Gasteiger partial charge is 0.338 e. The third-order valence-corrected chi connectivity index (χ3v) is 4.33. The standard InChI is InChI=1S/C14H23N3O2/c1-14(2)8-6-10(7-9-14)17(3)13(19)11-4-5-12(18)16-15-11/h10H,4-9H2,1-3H3,(H,16,18). The summed E-state index contributed by atoms with van der Waals surface area (Å²) in [6, 6.07) is 0.306. The first kappa shape index (κ1) is 14.0. The highest BCUT2D eigenvalue weighted by Crippen LogP contribution is 2.36. The molecular formula is C14H23N3O2. The molecule has 2 amide bonds. The molecule has 1 aliphatic heterocycles. The van der Waals surface area contributed by atoms with Gasteiger partial charge >= 0.3 is 0 Å². The minimum atomic E-state index is -0.112. The van der Waals surface area contributed by atoms with Crippen LogP contribution in [-0.4, -0.2) is 35.5 Å². The smallest absolute Gasteiger partial charge is 0.270 e. The Kier molecular flexibility index (Phi) is 3.92. The highest BCUT2D eigenvalue weighted by molar-refractivity contribution is 6.39. The molecule has 2 aliphatic rings. The number of hydrogen-bond acceptors (Lipinski definition) is 3. The second-order valence-corrected chi connectivity index (χ2v) is 6.40. The van der Waals surface area contributed by atoms with Crippen LogP contribution in [0.1, 0.15) is 52.4 Å². The number of rotatable bonds is 2. The average molecular weight is 265 g/mol. The van der Waals surface area contributed by atoms with Gasteiger partial charge in [0.2, 0.25) is 5.91 Å². The molecule has 0 radical (unpaired) electrons. The van der Waals surface area contributed by atoms with Crippen molar-refractivity contribution < 1.29 is 9.59 Å². The SMILES string of the molecule is CN(C(=O)C1=NNC(=O)CC1)C1CCC(C)(C)CC1. The van der Waals surface area contributed by atoms with Crippen molar-refractivity contribution in [3.63, 3.8) is 0 Å². The predicted molar refractivity (Wildman–Crippen MR) is 73.6 cm³/mol. The Bertz CT molecular complexity index is 405. The summed E-state index contributed by atoms with van der Waals surface area (Å²) in [5.74, 6) is -0.150. The summed E-state index contributed by atoms with van der Waals surface area (Å²) >= 11 is 0. The third-order valence-electron chi connectivity index (χ3n) is 4.33. The molecule has 1 N–H and O–H groups in total. The van der Waals surface area contributed by atoms with E-state index in [1.54, 1.807) is 0 Å². The topological polar surface area (TPSA) is 61.8 Å². The molecule has 0 aromatic rings. The van der Waals surface area contributed by atoms with E-state index in [4.69, 9.17) is 0 Å². The lowest BCUT2D eigenvalue weighted by Crippen LogP contribution is -2.45. The first-order valence-electron chi connectivity index (χ1n) is 7.02. The maximum Gasteiger partial charge on any atom is 0.270 e. The molecule has 0 unspecified atom stereocenters. The van der Waals surface area contributed by atoms with Gasteiger partial charge in [-0.2, -0.15) is 5.10 Å². The highest BCUT2D eigenvalue weighted by Gasteiger charge is 2.32. The van der Waals surface area contributed by atoms with Gasteiger partial charge in [0.15, 0.2) is 0 Å². The van der Waals surface area contributed by atoms with E-state index in [1.165, 1.54) is 0 Å². The van der Waals surface area contributed by atoms with Crippen LogP contribution in [0.4, 0.5) is 0 Å². The molecule has 2 rings (SSSR count). The first-order chi connectivity index (χ1) is 8.89. The molecule has 0 bridgehead atoms. The molecule has 0 aromatic heterocycles. The first-order valence-corrected chi connectivity index (χ1v) is 7.02. The second kappa shape index (κ2) is 5.31. The molecule has 5 nitrogen and oxygen atoms in total. The van der Waals surface area contributed by atoms with Gasteiger partial charge in [-0.3, -0.25) is 9.59 Å². The Morgan fingerprint density at radius 2 is 1.95 bits per heavy atom. The number of carbonyl (C=O) groups is 2. The predicted octanol–water partition coefficient (Wildman–Crippen LogP) is 1.68. The van der Waals surface area contributed by atoms with Crippen LogP contribution < -0.4 is 5.43 Å². The van der Waals surface area contributed by atoms with Gasteiger partial charge in [0.25, 0.3) is 5.91 Å². The van der Waals surface area contributed by atoms with Crippen LogP contribution in [-0.2, 0) is 9.59 Å². The Balaban J connectivity index is 1.95. The number of nitrogens with one attached hydrogen (secondary N) is 1. The van der Waals surface area contributed by atoms with Crippen molar-refractivity contribution in [2.75, 3.05) is 7.05 Å². The zero-order valence-corrected chi connectivity index (χ0v) is 12.0. The number of hydrogen-bond donors (Lipinski definition) is 1. The fourth-order valence-electron chi connectivity index (χ4n) is 2.77. The van der Waals surface area contributed by atoms with E-state index in [0.717, 1.165) is 25.7 Å². The summed E-state index contributed by atoms with van der Waals surface area (Å²) in [4.78, 5) is 25.2. The number of hydrazone groups is 1. The third kappa shape index (κ3) is 3.33.